The van der Waals surface area contributed by atoms with Crippen LogP contribution < -0.4 is 16.0 Å². The highest BCUT2D eigenvalue weighted by molar-refractivity contribution is 7.82. The Morgan fingerprint density at radius 3 is 1.69 bits per heavy atom. The molecule has 7 nitrogen and oxygen atoms in total. The highest BCUT2D eigenvalue weighted by atomic mass is 32.2. The van der Waals surface area contributed by atoms with Crippen molar-refractivity contribution in [1.29, 1.82) is 0 Å². The molecule has 7 aromatic rings. The lowest BCUT2D eigenvalue weighted by atomic mass is 10.1. The Balaban J connectivity index is 1.29. The molecule has 0 saturated heterocycles. The molecule has 7 rings (SSSR count). The van der Waals surface area contributed by atoms with E-state index in [-0.39, 0.29) is 0 Å². The average Bonchev–Trinajstić information content (AvgIpc) is 3.33. The Bertz CT molecular complexity index is 1880. The van der Waals surface area contributed by atoms with Crippen LogP contribution in [0.4, 0.5) is 34.9 Å². The zero-order valence-electron chi connectivity index (χ0n) is 20.5. The molecule has 0 fully saturated rings. The molecule has 5 aromatic carbocycles. The van der Waals surface area contributed by atoms with Gasteiger partial charge in [0.15, 0.2) is 0 Å². The molecule has 0 radical (unpaired) electrons. The molecule has 0 saturated carbocycles. The molecule has 0 bridgehead atoms. The van der Waals surface area contributed by atoms with Crippen molar-refractivity contribution in [2.45, 2.75) is 4.34 Å². The Hall–Kier alpha value is -4.73. The van der Waals surface area contributed by atoms with Crippen molar-refractivity contribution in [3.8, 4) is 0 Å². The molecule has 39 heavy (non-hydrogen) atoms. The summed E-state index contributed by atoms with van der Waals surface area (Å²) in [4.78, 5) is 18.6. The molecule has 2 heterocycles. The van der Waals surface area contributed by atoms with E-state index >= 15 is 0 Å². The third-order valence-corrected chi connectivity index (χ3v) is 7.54. The van der Waals surface area contributed by atoms with Crippen molar-refractivity contribution in [3.63, 3.8) is 0 Å². The van der Waals surface area contributed by atoms with Crippen LogP contribution >= 0.6 is 24.0 Å². The summed E-state index contributed by atoms with van der Waals surface area (Å²) in [6, 6.07) is 34.6. The summed E-state index contributed by atoms with van der Waals surface area (Å²) in [5.41, 5.74) is 3.57. The minimum atomic E-state index is 0.408. The predicted octanol–water partition coefficient (Wildman–Crippen LogP) is 8.31. The maximum absolute atomic E-state index is 4.73. The molecule has 0 amide bonds. The lowest BCUT2D eigenvalue weighted by Crippen LogP contribution is -2.07. The maximum atomic E-state index is 4.73. The van der Waals surface area contributed by atoms with E-state index in [1.54, 1.807) is 0 Å². The molecule has 0 atom stereocenters. The second-order valence-corrected chi connectivity index (χ2v) is 10.7. The number of hydrogen-bond donors (Lipinski definition) is 4. The van der Waals surface area contributed by atoms with Crippen LogP contribution in [0.25, 0.3) is 31.8 Å². The largest absolute Gasteiger partial charge is 0.324 e. The second kappa shape index (κ2) is 9.86. The maximum Gasteiger partial charge on any atom is 0.233 e. The van der Waals surface area contributed by atoms with Gasteiger partial charge in [0.1, 0.15) is 4.34 Å². The molecule has 0 unspecified atom stereocenters. The number of aromatic nitrogens is 4. The van der Waals surface area contributed by atoms with Crippen LogP contribution in [0.3, 0.4) is 0 Å². The van der Waals surface area contributed by atoms with E-state index in [0.29, 0.717) is 17.8 Å². The smallest absolute Gasteiger partial charge is 0.233 e. The third-order valence-electron chi connectivity index (χ3n) is 6.34. The normalized spacial score (nSPS) is 11.2. The highest BCUT2D eigenvalue weighted by Crippen LogP contribution is 2.30. The van der Waals surface area contributed by atoms with E-state index < -0.39 is 0 Å². The fraction of sp³-hybridized carbons (Fsp3) is 0. The van der Waals surface area contributed by atoms with Crippen molar-refractivity contribution < 1.29 is 0 Å². The van der Waals surface area contributed by atoms with Crippen LogP contribution in [-0.2, 0) is 0 Å². The Kier molecular flexibility index (Phi) is 5.92. The van der Waals surface area contributed by atoms with Crippen molar-refractivity contribution in [2.75, 3.05) is 16.0 Å². The zero-order chi connectivity index (χ0) is 26.2. The first-order valence-corrected chi connectivity index (χ1v) is 13.6. The summed E-state index contributed by atoms with van der Waals surface area (Å²) in [5, 5.41) is 14.6. The molecule has 188 valence electrons. The molecule has 0 aliphatic carbocycles. The standard InChI is InChI=1S/C30H21N7S2/c38-30-34-25-16-15-20(17-26(25)39-30)31-27-35-28(32-23-13-5-9-18-7-1-3-11-21(18)23)37-29(36-27)33-24-14-6-10-19-8-2-4-12-22(19)24/h1-17H,(H,34,38)(H3,31,32,33,35,36,37). The van der Waals surface area contributed by atoms with Crippen molar-refractivity contribution in [2.24, 2.45) is 0 Å². The quantitative estimate of drug-likeness (QED) is 0.157. The van der Waals surface area contributed by atoms with E-state index in [2.05, 4.69) is 70.0 Å². The van der Waals surface area contributed by atoms with Gasteiger partial charge in [-0.1, -0.05) is 72.8 Å². The molecule has 3 N–H and O–H groups in total. The van der Waals surface area contributed by atoms with Gasteiger partial charge in [-0.15, -0.1) is 24.0 Å². The Labute approximate surface area is 233 Å². The Morgan fingerprint density at radius 2 is 1.08 bits per heavy atom. The van der Waals surface area contributed by atoms with Crippen molar-refractivity contribution in [1.82, 2.24) is 19.9 Å². The van der Waals surface area contributed by atoms with E-state index in [1.807, 2.05) is 66.7 Å². The highest BCUT2D eigenvalue weighted by Gasteiger charge is 2.12. The number of rotatable bonds is 6. The van der Waals surface area contributed by atoms with Crippen LogP contribution in [0.2, 0.25) is 0 Å². The SMILES string of the molecule is Sc1nc2ccc(Nc3nc(Nc4cccc5ccccc45)nc(Nc4cccc5ccccc45)n3)cc2s1. The van der Waals surface area contributed by atoms with Crippen LogP contribution in [0.15, 0.2) is 107 Å². The fourth-order valence-electron chi connectivity index (χ4n) is 4.57. The van der Waals surface area contributed by atoms with E-state index in [9.17, 15) is 0 Å². The number of fused-ring (bicyclic) bond motifs is 3. The molecule has 9 heteroatoms. The average molecular weight is 544 g/mol. The van der Waals surface area contributed by atoms with Crippen LogP contribution in [0.5, 0.6) is 0 Å². The summed E-state index contributed by atoms with van der Waals surface area (Å²) in [6.07, 6.45) is 0. The zero-order valence-corrected chi connectivity index (χ0v) is 22.2. The lowest BCUT2D eigenvalue weighted by Gasteiger charge is -2.13. The number of benzene rings is 5. The number of thiazole rings is 1. The van der Waals surface area contributed by atoms with Gasteiger partial charge in [-0.2, -0.15) is 15.0 Å². The topological polar surface area (TPSA) is 87.7 Å². The summed E-state index contributed by atoms with van der Waals surface area (Å²) < 4.78 is 1.76. The predicted molar refractivity (Wildman–Crippen MR) is 164 cm³/mol. The number of anilines is 6. The van der Waals surface area contributed by atoms with Gasteiger partial charge >= 0.3 is 0 Å². The van der Waals surface area contributed by atoms with Gasteiger partial charge in [0, 0.05) is 27.8 Å². The van der Waals surface area contributed by atoms with Gasteiger partial charge in [0.25, 0.3) is 0 Å². The van der Waals surface area contributed by atoms with E-state index in [0.717, 1.165) is 53.2 Å². The number of thiol groups is 1. The van der Waals surface area contributed by atoms with Crippen LogP contribution in [0.1, 0.15) is 0 Å². The van der Waals surface area contributed by atoms with Crippen LogP contribution in [0, 0.1) is 0 Å². The summed E-state index contributed by atoms with van der Waals surface area (Å²) in [5.74, 6) is 1.25. The first-order valence-electron chi connectivity index (χ1n) is 12.3. The number of nitrogens with zero attached hydrogens (tertiary/aromatic N) is 4. The van der Waals surface area contributed by atoms with Gasteiger partial charge in [-0.05, 0) is 41.1 Å². The number of hydrogen-bond acceptors (Lipinski definition) is 9. The monoisotopic (exact) mass is 543 g/mol. The summed E-state index contributed by atoms with van der Waals surface area (Å²) in [6.45, 7) is 0. The molecule has 0 aliphatic rings. The van der Waals surface area contributed by atoms with Crippen LogP contribution in [-0.4, -0.2) is 19.9 Å². The van der Waals surface area contributed by atoms with Gasteiger partial charge in [0.2, 0.25) is 17.8 Å². The van der Waals surface area contributed by atoms with Gasteiger partial charge in [-0.25, -0.2) is 4.98 Å². The van der Waals surface area contributed by atoms with E-state index in [1.165, 1.54) is 11.3 Å². The molecule has 0 spiro atoms. The minimum absolute atomic E-state index is 0.408. The number of nitrogens with one attached hydrogen (secondary N) is 3. The lowest BCUT2D eigenvalue weighted by molar-refractivity contribution is 1.07. The fourth-order valence-corrected chi connectivity index (χ4v) is 5.72. The van der Waals surface area contributed by atoms with Crippen molar-refractivity contribution >= 4 is 90.6 Å². The summed E-state index contributed by atoms with van der Waals surface area (Å²) >= 11 is 5.91. The third kappa shape index (κ3) is 4.81. The van der Waals surface area contributed by atoms with E-state index in [4.69, 9.17) is 15.0 Å². The molecule has 2 aromatic heterocycles. The van der Waals surface area contributed by atoms with Gasteiger partial charge < -0.3 is 16.0 Å². The first kappa shape index (κ1) is 23.4. The second-order valence-electron chi connectivity index (χ2n) is 8.91. The molecular formula is C30H21N7S2. The van der Waals surface area contributed by atoms with Gasteiger partial charge in [0.05, 0.1) is 10.2 Å². The molecular weight excluding hydrogens is 523 g/mol. The van der Waals surface area contributed by atoms with Crippen molar-refractivity contribution in [3.05, 3.63) is 103 Å². The van der Waals surface area contributed by atoms with Gasteiger partial charge in [-0.3, -0.25) is 0 Å². The minimum Gasteiger partial charge on any atom is -0.324 e. The summed E-state index contributed by atoms with van der Waals surface area (Å²) in [7, 11) is 0. The first-order chi connectivity index (χ1) is 19.2. The Morgan fingerprint density at radius 1 is 0.538 bits per heavy atom. The molecule has 0 aliphatic heterocycles.